The van der Waals surface area contributed by atoms with E-state index in [-0.39, 0.29) is 6.04 Å². The fourth-order valence-corrected chi connectivity index (χ4v) is 3.46. The van der Waals surface area contributed by atoms with Gasteiger partial charge in [-0.25, -0.2) is 8.42 Å². The number of hydrogen-bond acceptors (Lipinski definition) is 4. The highest BCUT2D eigenvalue weighted by molar-refractivity contribution is 7.98. The lowest BCUT2D eigenvalue weighted by molar-refractivity contribution is -0.121. The number of hydrogen-bond donors (Lipinski definition) is 1. The molecule has 1 N–H and O–H groups in total. The molecule has 0 heterocycles. The maximum Gasteiger partial charge on any atom is 0.238 e. The molecule has 118 valence electrons. The van der Waals surface area contributed by atoms with E-state index in [1.54, 1.807) is 25.6 Å². The predicted molar refractivity (Wildman–Crippen MR) is 88.3 cm³/mol. The first-order valence-corrected chi connectivity index (χ1v) is 9.70. The molecule has 0 aliphatic carbocycles. The Morgan fingerprint density at radius 3 is 2.05 bits per heavy atom. The maximum absolute atomic E-state index is 12.1. The van der Waals surface area contributed by atoms with Crippen molar-refractivity contribution >= 4 is 27.5 Å². The van der Waals surface area contributed by atoms with Crippen molar-refractivity contribution in [1.29, 1.82) is 0 Å². The number of sulfone groups is 1. The second-order valence-electron chi connectivity index (χ2n) is 5.28. The summed E-state index contributed by atoms with van der Waals surface area (Å²) in [4.78, 5) is 13.3. The van der Waals surface area contributed by atoms with Crippen LogP contribution in [0.1, 0.15) is 39.3 Å². The molecule has 0 radical (unpaired) electrons. The Morgan fingerprint density at radius 1 is 1.10 bits per heavy atom. The summed E-state index contributed by atoms with van der Waals surface area (Å²) in [5.74, 6) is -0.454. The zero-order chi connectivity index (χ0) is 16.2. The summed E-state index contributed by atoms with van der Waals surface area (Å²) in [5.41, 5.74) is 0.954. The second-order valence-corrected chi connectivity index (χ2v) is 8.99. The Morgan fingerprint density at radius 2 is 1.62 bits per heavy atom. The fraction of sp³-hybridized carbons (Fsp3) is 0.533. The van der Waals surface area contributed by atoms with Crippen molar-refractivity contribution in [2.45, 2.75) is 49.1 Å². The first kappa shape index (κ1) is 18.0. The molecule has 0 fully saturated rings. The van der Waals surface area contributed by atoms with Gasteiger partial charge in [-0.1, -0.05) is 12.1 Å². The van der Waals surface area contributed by atoms with Crippen LogP contribution in [-0.2, 0) is 14.6 Å². The maximum atomic E-state index is 12.1. The molecule has 1 rings (SSSR count). The molecule has 0 aromatic heterocycles. The molecule has 0 saturated carbocycles. The highest BCUT2D eigenvalue weighted by atomic mass is 32.2. The van der Waals surface area contributed by atoms with Crippen LogP contribution in [0.25, 0.3) is 0 Å². The van der Waals surface area contributed by atoms with Crippen LogP contribution < -0.4 is 5.32 Å². The van der Waals surface area contributed by atoms with E-state index in [1.807, 2.05) is 37.4 Å². The van der Waals surface area contributed by atoms with E-state index in [2.05, 4.69) is 5.32 Å². The third-order valence-corrected chi connectivity index (χ3v) is 6.75. The summed E-state index contributed by atoms with van der Waals surface area (Å²) >= 11 is 1.65. The normalized spacial score (nSPS) is 14.8. The molecule has 0 aliphatic rings. The van der Waals surface area contributed by atoms with E-state index in [0.717, 1.165) is 10.5 Å². The Labute approximate surface area is 131 Å². The van der Waals surface area contributed by atoms with Crippen molar-refractivity contribution in [2.75, 3.05) is 6.26 Å². The quantitative estimate of drug-likeness (QED) is 0.815. The average Bonchev–Trinajstić information content (AvgIpc) is 2.46. The molecule has 1 aromatic carbocycles. The molecule has 0 bridgehead atoms. The summed E-state index contributed by atoms with van der Waals surface area (Å²) in [6.07, 6.45) is 2.00. The molecule has 1 aromatic rings. The van der Waals surface area contributed by atoms with Gasteiger partial charge in [0.15, 0.2) is 9.84 Å². The van der Waals surface area contributed by atoms with Crippen molar-refractivity contribution in [2.24, 2.45) is 0 Å². The minimum Gasteiger partial charge on any atom is -0.348 e. The van der Waals surface area contributed by atoms with Gasteiger partial charge in [0, 0.05) is 4.90 Å². The molecular formula is C15H23NO3S2. The van der Waals surface area contributed by atoms with Crippen LogP contribution in [0, 0.1) is 0 Å². The molecule has 1 amide bonds. The van der Waals surface area contributed by atoms with Gasteiger partial charge in [-0.2, -0.15) is 0 Å². The smallest absolute Gasteiger partial charge is 0.238 e. The van der Waals surface area contributed by atoms with Crippen LogP contribution in [0.2, 0.25) is 0 Å². The van der Waals surface area contributed by atoms with E-state index >= 15 is 0 Å². The third kappa shape index (κ3) is 4.48. The van der Waals surface area contributed by atoms with Crippen LogP contribution in [0.5, 0.6) is 0 Å². The first-order valence-electron chi connectivity index (χ1n) is 6.87. The lowest BCUT2D eigenvalue weighted by Crippen LogP contribution is -2.41. The number of benzene rings is 1. The lowest BCUT2D eigenvalue weighted by atomic mass is 10.1. The zero-order valence-corrected chi connectivity index (χ0v) is 14.7. The Balaban J connectivity index is 2.78. The van der Waals surface area contributed by atoms with E-state index < -0.39 is 26.2 Å². The Bertz CT molecular complexity index is 579. The van der Waals surface area contributed by atoms with Gasteiger partial charge in [0.05, 0.1) is 11.3 Å². The standard InChI is InChI=1S/C15H23NO3S2/c1-10(2)21(18,19)12(4)15(17)16-11(3)13-6-8-14(20-5)9-7-13/h6-12H,1-5H3,(H,16,17)/t11-,12+/m1/s1. The number of rotatable bonds is 6. The molecule has 0 spiro atoms. The molecular weight excluding hydrogens is 306 g/mol. The molecule has 0 unspecified atom stereocenters. The SMILES string of the molecule is CSc1ccc([C@@H](C)NC(=O)[C@H](C)S(=O)(=O)C(C)C)cc1. The van der Waals surface area contributed by atoms with Crippen molar-refractivity contribution < 1.29 is 13.2 Å². The number of amides is 1. The number of carbonyl (C=O) groups excluding carboxylic acids is 1. The molecule has 0 aliphatic heterocycles. The molecule has 0 saturated heterocycles. The summed E-state index contributed by atoms with van der Waals surface area (Å²) in [5, 5.41) is 1.17. The van der Waals surface area contributed by atoms with Gasteiger partial charge in [0.25, 0.3) is 0 Å². The highest BCUT2D eigenvalue weighted by Crippen LogP contribution is 2.19. The average molecular weight is 329 g/mol. The summed E-state index contributed by atoms with van der Waals surface area (Å²) in [7, 11) is -3.43. The van der Waals surface area contributed by atoms with Crippen LogP contribution in [0.3, 0.4) is 0 Å². The monoisotopic (exact) mass is 329 g/mol. The molecule has 2 atom stereocenters. The summed E-state index contributed by atoms with van der Waals surface area (Å²) in [6, 6.07) is 7.63. The third-order valence-electron chi connectivity index (χ3n) is 3.49. The molecule has 4 nitrogen and oxygen atoms in total. The largest absolute Gasteiger partial charge is 0.348 e. The van der Waals surface area contributed by atoms with Gasteiger partial charge in [-0.3, -0.25) is 4.79 Å². The van der Waals surface area contributed by atoms with Crippen LogP contribution in [0.15, 0.2) is 29.2 Å². The van der Waals surface area contributed by atoms with Crippen LogP contribution >= 0.6 is 11.8 Å². The highest BCUT2D eigenvalue weighted by Gasteiger charge is 2.31. The first-order chi connectivity index (χ1) is 9.70. The van der Waals surface area contributed by atoms with Gasteiger partial charge < -0.3 is 5.32 Å². The molecule has 21 heavy (non-hydrogen) atoms. The Kier molecular flexibility index (Phi) is 6.28. The summed E-state index contributed by atoms with van der Waals surface area (Å²) in [6.45, 7) is 6.46. The van der Waals surface area contributed by atoms with E-state index in [4.69, 9.17) is 0 Å². The Hall–Kier alpha value is -1.01. The topological polar surface area (TPSA) is 63.2 Å². The van der Waals surface area contributed by atoms with Crippen LogP contribution in [0.4, 0.5) is 0 Å². The fourth-order valence-electron chi connectivity index (χ4n) is 1.86. The minimum absolute atomic E-state index is 0.224. The van der Waals surface area contributed by atoms with Crippen molar-refractivity contribution in [3.05, 3.63) is 29.8 Å². The predicted octanol–water partition coefficient (Wildman–Crippen LogP) is 2.80. The summed E-state index contributed by atoms with van der Waals surface area (Å²) < 4.78 is 24.0. The minimum atomic E-state index is -3.43. The van der Waals surface area contributed by atoms with Crippen molar-refractivity contribution in [1.82, 2.24) is 5.32 Å². The molecule has 6 heteroatoms. The number of nitrogens with one attached hydrogen (secondary N) is 1. The lowest BCUT2D eigenvalue weighted by Gasteiger charge is -2.19. The van der Waals surface area contributed by atoms with Gasteiger partial charge >= 0.3 is 0 Å². The van der Waals surface area contributed by atoms with Crippen LogP contribution in [-0.4, -0.2) is 31.1 Å². The van der Waals surface area contributed by atoms with Gasteiger partial charge in [0.1, 0.15) is 5.25 Å². The van der Waals surface area contributed by atoms with Crippen molar-refractivity contribution in [3.8, 4) is 0 Å². The number of thioether (sulfide) groups is 1. The van der Waals surface area contributed by atoms with E-state index in [1.165, 1.54) is 6.92 Å². The van der Waals surface area contributed by atoms with Crippen molar-refractivity contribution in [3.63, 3.8) is 0 Å². The van der Waals surface area contributed by atoms with Gasteiger partial charge in [-0.05, 0) is 51.6 Å². The second kappa shape index (κ2) is 7.31. The van der Waals surface area contributed by atoms with Gasteiger partial charge in [-0.15, -0.1) is 11.8 Å². The number of carbonyl (C=O) groups is 1. The van der Waals surface area contributed by atoms with Gasteiger partial charge in [0.2, 0.25) is 5.91 Å². The zero-order valence-electron chi connectivity index (χ0n) is 13.1. The van der Waals surface area contributed by atoms with E-state index in [9.17, 15) is 13.2 Å². The van der Waals surface area contributed by atoms with E-state index in [0.29, 0.717) is 0 Å².